The van der Waals surface area contributed by atoms with E-state index in [0.717, 1.165) is 18.5 Å². The molecule has 0 saturated carbocycles. The van der Waals surface area contributed by atoms with E-state index in [1.54, 1.807) is 11.3 Å². The summed E-state index contributed by atoms with van der Waals surface area (Å²) in [6.45, 7) is 3.72. The van der Waals surface area contributed by atoms with Crippen molar-refractivity contribution in [2.45, 2.75) is 25.8 Å². The molecule has 0 aliphatic rings. The lowest BCUT2D eigenvalue weighted by Crippen LogP contribution is -2.20. The van der Waals surface area contributed by atoms with E-state index in [4.69, 9.17) is 0 Å². The Morgan fingerprint density at radius 2 is 2.05 bits per heavy atom. The average molecular weight is 270 g/mol. The number of nitriles is 1. The van der Waals surface area contributed by atoms with Crippen LogP contribution in [0.5, 0.6) is 0 Å². The molecule has 0 aliphatic carbocycles. The van der Waals surface area contributed by atoms with Crippen molar-refractivity contribution in [2.24, 2.45) is 0 Å². The molecule has 2 rings (SSSR count). The van der Waals surface area contributed by atoms with Crippen LogP contribution in [-0.4, -0.2) is 6.54 Å². The van der Waals surface area contributed by atoms with Crippen LogP contribution in [0.3, 0.4) is 0 Å². The van der Waals surface area contributed by atoms with Crippen LogP contribution in [0.15, 0.2) is 41.8 Å². The van der Waals surface area contributed by atoms with E-state index in [0.29, 0.717) is 6.54 Å². The molecule has 19 heavy (non-hydrogen) atoms. The molecule has 0 spiro atoms. The molecule has 1 unspecified atom stereocenters. The van der Waals surface area contributed by atoms with Gasteiger partial charge in [-0.15, -0.1) is 11.3 Å². The van der Waals surface area contributed by atoms with Gasteiger partial charge in [-0.1, -0.05) is 37.3 Å². The summed E-state index contributed by atoms with van der Waals surface area (Å²) in [6.07, 6.45) is 1.07. The van der Waals surface area contributed by atoms with Crippen LogP contribution < -0.4 is 5.32 Å². The van der Waals surface area contributed by atoms with Gasteiger partial charge in [0, 0.05) is 18.0 Å². The predicted molar refractivity (Wildman–Crippen MR) is 80.2 cm³/mol. The summed E-state index contributed by atoms with van der Waals surface area (Å²) < 4.78 is 0. The van der Waals surface area contributed by atoms with Gasteiger partial charge in [0.25, 0.3) is 0 Å². The lowest BCUT2D eigenvalue weighted by atomic mass is 10.0. The summed E-state index contributed by atoms with van der Waals surface area (Å²) in [7, 11) is 0. The number of thiophene rings is 1. The van der Waals surface area contributed by atoms with E-state index < -0.39 is 0 Å². The first-order valence-corrected chi connectivity index (χ1v) is 7.43. The number of rotatable bonds is 6. The van der Waals surface area contributed by atoms with Crippen molar-refractivity contribution in [2.75, 3.05) is 6.54 Å². The third-order valence-corrected chi connectivity index (χ3v) is 4.17. The number of hydrogen-bond acceptors (Lipinski definition) is 3. The van der Waals surface area contributed by atoms with Gasteiger partial charge in [0.2, 0.25) is 0 Å². The van der Waals surface area contributed by atoms with Gasteiger partial charge < -0.3 is 5.32 Å². The smallest absolute Gasteiger partial charge is 0.0837 e. The summed E-state index contributed by atoms with van der Waals surface area (Å²) in [5.74, 6) is -0.0776. The monoisotopic (exact) mass is 270 g/mol. The van der Waals surface area contributed by atoms with Gasteiger partial charge in [-0.05, 0) is 29.0 Å². The SMILES string of the molecule is CCc1ccsc1CNCC(C#N)c1ccccc1. The topological polar surface area (TPSA) is 35.8 Å². The summed E-state index contributed by atoms with van der Waals surface area (Å²) in [5.41, 5.74) is 2.49. The number of hydrogen-bond donors (Lipinski definition) is 1. The molecule has 1 N–H and O–H groups in total. The maximum Gasteiger partial charge on any atom is 0.0837 e. The molecule has 0 bridgehead atoms. The number of nitrogens with zero attached hydrogens (tertiary/aromatic N) is 1. The molecule has 1 atom stereocenters. The highest BCUT2D eigenvalue weighted by atomic mass is 32.1. The van der Waals surface area contributed by atoms with E-state index in [-0.39, 0.29) is 5.92 Å². The van der Waals surface area contributed by atoms with Crippen molar-refractivity contribution in [3.63, 3.8) is 0 Å². The Kier molecular flexibility index (Phi) is 5.14. The molecule has 0 radical (unpaired) electrons. The molecule has 2 aromatic rings. The Labute approximate surface area is 118 Å². The van der Waals surface area contributed by atoms with Crippen LogP contribution in [0.1, 0.15) is 28.8 Å². The second-order valence-corrected chi connectivity index (χ2v) is 5.45. The van der Waals surface area contributed by atoms with Crippen LogP contribution in [0.2, 0.25) is 0 Å². The Morgan fingerprint density at radius 1 is 1.26 bits per heavy atom. The van der Waals surface area contributed by atoms with E-state index >= 15 is 0 Å². The minimum atomic E-state index is -0.0776. The van der Waals surface area contributed by atoms with Gasteiger partial charge in [-0.2, -0.15) is 5.26 Å². The molecule has 0 aliphatic heterocycles. The van der Waals surface area contributed by atoms with Crippen LogP contribution in [0, 0.1) is 11.3 Å². The van der Waals surface area contributed by atoms with Crippen LogP contribution in [0.4, 0.5) is 0 Å². The maximum absolute atomic E-state index is 9.25. The van der Waals surface area contributed by atoms with Gasteiger partial charge >= 0.3 is 0 Å². The van der Waals surface area contributed by atoms with E-state index in [1.165, 1.54) is 10.4 Å². The van der Waals surface area contributed by atoms with Crippen molar-refractivity contribution in [3.8, 4) is 6.07 Å². The van der Waals surface area contributed by atoms with Gasteiger partial charge in [0.05, 0.1) is 12.0 Å². The number of aryl methyl sites for hydroxylation is 1. The number of benzene rings is 1. The molecule has 1 heterocycles. The van der Waals surface area contributed by atoms with Crippen LogP contribution >= 0.6 is 11.3 Å². The predicted octanol–water partition coefficient (Wildman–Crippen LogP) is 3.71. The van der Waals surface area contributed by atoms with Crippen molar-refractivity contribution >= 4 is 11.3 Å². The van der Waals surface area contributed by atoms with Crippen molar-refractivity contribution in [3.05, 3.63) is 57.8 Å². The Hall–Kier alpha value is -1.63. The summed E-state index contributed by atoms with van der Waals surface area (Å²) in [5, 5.41) is 14.8. The molecule has 98 valence electrons. The average Bonchev–Trinajstić information content (AvgIpc) is 2.92. The second kappa shape index (κ2) is 7.08. The third kappa shape index (κ3) is 3.66. The van der Waals surface area contributed by atoms with Crippen molar-refractivity contribution in [1.82, 2.24) is 5.32 Å². The Balaban J connectivity index is 1.90. The molecule has 1 aromatic carbocycles. The molecule has 0 fully saturated rings. The highest BCUT2D eigenvalue weighted by Gasteiger charge is 2.10. The molecule has 1 aromatic heterocycles. The second-order valence-electron chi connectivity index (χ2n) is 4.45. The zero-order valence-electron chi connectivity index (χ0n) is 11.1. The lowest BCUT2D eigenvalue weighted by molar-refractivity contribution is 0.655. The quantitative estimate of drug-likeness (QED) is 0.868. The minimum Gasteiger partial charge on any atom is -0.310 e. The van der Waals surface area contributed by atoms with Gasteiger partial charge in [-0.3, -0.25) is 0 Å². The Morgan fingerprint density at radius 3 is 2.74 bits per heavy atom. The maximum atomic E-state index is 9.25. The fraction of sp³-hybridized carbons (Fsp3) is 0.312. The highest BCUT2D eigenvalue weighted by molar-refractivity contribution is 7.10. The molecule has 0 amide bonds. The zero-order chi connectivity index (χ0) is 13.5. The first-order chi connectivity index (χ1) is 9.35. The first kappa shape index (κ1) is 13.8. The number of nitrogens with one attached hydrogen (secondary N) is 1. The molecule has 3 heteroatoms. The molecular formula is C16H18N2S. The van der Waals surface area contributed by atoms with Gasteiger partial charge in [0.15, 0.2) is 0 Å². The fourth-order valence-electron chi connectivity index (χ4n) is 2.09. The van der Waals surface area contributed by atoms with Gasteiger partial charge in [-0.25, -0.2) is 0 Å². The third-order valence-electron chi connectivity index (χ3n) is 3.21. The standard InChI is InChI=1S/C16H18N2S/c1-2-13-8-9-19-16(13)12-18-11-15(10-17)14-6-4-3-5-7-14/h3-9,15,18H,2,11-12H2,1H3. The Bertz CT molecular complexity index is 539. The molecule has 0 saturated heterocycles. The fourth-order valence-corrected chi connectivity index (χ4v) is 3.04. The van der Waals surface area contributed by atoms with Crippen LogP contribution in [-0.2, 0) is 13.0 Å². The summed E-state index contributed by atoms with van der Waals surface area (Å²) >= 11 is 1.78. The molecule has 2 nitrogen and oxygen atoms in total. The minimum absolute atomic E-state index is 0.0776. The molecular weight excluding hydrogens is 252 g/mol. The van der Waals surface area contributed by atoms with E-state index in [1.807, 2.05) is 30.3 Å². The summed E-state index contributed by atoms with van der Waals surface area (Å²) in [6, 6.07) is 14.5. The van der Waals surface area contributed by atoms with Gasteiger partial charge in [0.1, 0.15) is 0 Å². The van der Waals surface area contributed by atoms with E-state index in [2.05, 4.69) is 29.8 Å². The van der Waals surface area contributed by atoms with E-state index in [9.17, 15) is 5.26 Å². The normalized spacial score (nSPS) is 12.0. The van der Waals surface area contributed by atoms with Crippen LogP contribution in [0.25, 0.3) is 0 Å². The van der Waals surface area contributed by atoms with Crippen molar-refractivity contribution in [1.29, 1.82) is 5.26 Å². The lowest BCUT2D eigenvalue weighted by Gasteiger charge is -2.10. The van der Waals surface area contributed by atoms with Crippen molar-refractivity contribution < 1.29 is 0 Å². The zero-order valence-corrected chi connectivity index (χ0v) is 11.9. The highest BCUT2D eigenvalue weighted by Crippen LogP contribution is 2.18. The largest absolute Gasteiger partial charge is 0.310 e. The summed E-state index contributed by atoms with van der Waals surface area (Å²) in [4.78, 5) is 1.38. The first-order valence-electron chi connectivity index (χ1n) is 6.55.